The third-order valence-corrected chi connectivity index (χ3v) is 2.65. The minimum atomic E-state index is 0. The van der Waals surface area contributed by atoms with Crippen LogP contribution in [0.3, 0.4) is 0 Å². The number of carbonyl (C=O) groups excluding carboxylic acids is 1. The fourth-order valence-corrected chi connectivity index (χ4v) is 1.72. The Labute approximate surface area is 95.7 Å². The van der Waals surface area contributed by atoms with Crippen LogP contribution in [0.15, 0.2) is 18.2 Å². The first-order valence-electron chi connectivity index (χ1n) is 4.85. The highest BCUT2D eigenvalue weighted by atomic mass is 35.5. The normalized spacial score (nSPS) is 15.3. The standard InChI is InChI=1S/C11H14N2O.ClH/c1-8-4-5-9(7-10(8)12)13-6-2-3-11(13)14;/h4-5,7H,2-3,6,12H2,1H3;1H. The highest BCUT2D eigenvalue weighted by Crippen LogP contribution is 2.24. The highest BCUT2D eigenvalue weighted by molar-refractivity contribution is 5.95. The van der Waals surface area contributed by atoms with E-state index in [-0.39, 0.29) is 18.3 Å². The lowest BCUT2D eigenvalue weighted by atomic mass is 10.2. The van der Waals surface area contributed by atoms with Crippen molar-refractivity contribution in [2.75, 3.05) is 17.2 Å². The lowest BCUT2D eigenvalue weighted by Gasteiger charge is -2.16. The van der Waals surface area contributed by atoms with Gasteiger partial charge < -0.3 is 10.6 Å². The predicted octanol–water partition coefficient (Wildman–Crippen LogP) is 2.13. The molecule has 1 heterocycles. The topological polar surface area (TPSA) is 46.3 Å². The number of benzene rings is 1. The van der Waals surface area contributed by atoms with Crippen LogP contribution in [-0.4, -0.2) is 12.5 Å². The molecule has 0 aromatic heterocycles. The monoisotopic (exact) mass is 226 g/mol. The Morgan fingerprint density at radius 3 is 2.67 bits per heavy atom. The molecule has 3 nitrogen and oxygen atoms in total. The number of amides is 1. The molecule has 4 heteroatoms. The molecule has 0 atom stereocenters. The van der Waals surface area contributed by atoms with Crippen LogP contribution in [0, 0.1) is 6.92 Å². The summed E-state index contributed by atoms with van der Waals surface area (Å²) in [6, 6.07) is 5.78. The second-order valence-electron chi connectivity index (χ2n) is 3.69. The lowest BCUT2D eigenvalue weighted by molar-refractivity contribution is -0.117. The number of nitrogens with two attached hydrogens (primary N) is 1. The van der Waals surface area contributed by atoms with Crippen molar-refractivity contribution < 1.29 is 4.79 Å². The van der Waals surface area contributed by atoms with Crippen LogP contribution in [-0.2, 0) is 4.79 Å². The molecule has 2 rings (SSSR count). The van der Waals surface area contributed by atoms with Gasteiger partial charge in [-0.3, -0.25) is 4.79 Å². The van der Waals surface area contributed by atoms with Gasteiger partial charge in [-0.2, -0.15) is 0 Å². The third kappa shape index (κ3) is 2.23. The number of nitrogen functional groups attached to an aromatic ring is 1. The van der Waals surface area contributed by atoms with Gasteiger partial charge in [-0.1, -0.05) is 6.07 Å². The average molecular weight is 227 g/mol. The maximum Gasteiger partial charge on any atom is 0.227 e. The van der Waals surface area contributed by atoms with Gasteiger partial charge in [0.2, 0.25) is 5.91 Å². The summed E-state index contributed by atoms with van der Waals surface area (Å²) in [5.74, 6) is 0.202. The molecule has 1 amide bonds. The number of halogens is 1. The van der Waals surface area contributed by atoms with E-state index >= 15 is 0 Å². The molecule has 1 aromatic carbocycles. The van der Waals surface area contributed by atoms with E-state index in [0.29, 0.717) is 6.42 Å². The predicted molar refractivity (Wildman–Crippen MR) is 64.4 cm³/mol. The quantitative estimate of drug-likeness (QED) is 0.746. The molecule has 1 aliphatic rings. The van der Waals surface area contributed by atoms with Crippen molar-refractivity contribution in [2.24, 2.45) is 0 Å². The van der Waals surface area contributed by atoms with Crippen LogP contribution in [0.2, 0.25) is 0 Å². The number of carbonyl (C=O) groups is 1. The van der Waals surface area contributed by atoms with Crippen LogP contribution < -0.4 is 10.6 Å². The molecule has 82 valence electrons. The van der Waals surface area contributed by atoms with Crippen molar-refractivity contribution in [1.29, 1.82) is 0 Å². The van der Waals surface area contributed by atoms with Crippen LogP contribution in [0.5, 0.6) is 0 Å². The molecule has 1 aliphatic heterocycles. The number of hydrogen-bond acceptors (Lipinski definition) is 2. The average Bonchev–Trinajstić information content (AvgIpc) is 2.57. The van der Waals surface area contributed by atoms with Crippen LogP contribution in [0.25, 0.3) is 0 Å². The van der Waals surface area contributed by atoms with Gasteiger partial charge in [0, 0.05) is 24.3 Å². The van der Waals surface area contributed by atoms with E-state index in [1.54, 1.807) is 4.90 Å². The van der Waals surface area contributed by atoms with Crippen molar-refractivity contribution in [1.82, 2.24) is 0 Å². The summed E-state index contributed by atoms with van der Waals surface area (Å²) in [6.45, 7) is 2.78. The Bertz CT molecular complexity index is 379. The Kier molecular flexibility index (Phi) is 3.58. The molecule has 2 N–H and O–H groups in total. The zero-order valence-electron chi connectivity index (χ0n) is 8.69. The molecule has 1 aromatic rings. The minimum absolute atomic E-state index is 0. The van der Waals surface area contributed by atoms with Gasteiger partial charge in [0.1, 0.15) is 0 Å². The zero-order valence-corrected chi connectivity index (χ0v) is 9.51. The van der Waals surface area contributed by atoms with Crippen molar-refractivity contribution in [3.8, 4) is 0 Å². The van der Waals surface area contributed by atoms with Gasteiger partial charge in [-0.15, -0.1) is 12.4 Å². The first kappa shape index (κ1) is 11.9. The Hall–Kier alpha value is -1.22. The first-order valence-corrected chi connectivity index (χ1v) is 4.85. The summed E-state index contributed by atoms with van der Waals surface area (Å²) >= 11 is 0. The fraction of sp³-hybridized carbons (Fsp3) is 0.364. The molecular weight excluding hydrogens is 212 g/mol. The smallest absolute Gasteiger partial charge is 0.227 e. The van der Waals surface area contributed by atoms with Gasteiger partial charge in [0.05, 0.1) is 0 Å². The van der Waals surface area contributed by atoms with Crippen LogP contribution >= 0.6 is 12.4 Å². The molecule has 0 unspecified atom stereocenters. The van der Waals surface area contributed by atoms with Crippen molar-refractivity contribution in [3.63, 3.8) is 0 Å². The summed E-state index contributed by atoms with van der Waals surface area (Å²) in [7, 11) is 0. The molecular formula is C11H15ClN2O. The number of aryl methyl sites for hydroxylation is 1. The van der Waals surface area contributed by atoms with Gasteiger partial charge in [-0.05, 0) is 31.0 Å². The van der Waals surface area contributed by atoms with Crippen LogP contribution in [0.4, 0.5) is 11.4 Å². The molecule has 0 aliphatic carbocycles. The molecule has 0 spiro atoms. The van der Waals surface area contributed by atoms with Crippen molar-refractivity contribution in [2.45, 2.75) is 19.8 Å². The molecule has 0 bridgehead atoms. The Morgan fingerprint density at radius 2 is 2.13 bits per heavy atom. The van der Waals surface area contributed by atoms with E-state index in [9.17, 15) is 4.79 Å². The van der Waals surface area contributed by atoms with E-state index < -0.39 is 0 Å². The fourth-order valence-electron chi connectivity index (χ4n) is 1.72. The number of hydrogen-bond donors (Lipinski definition) is 1. The maximum atomic E-state index is 11.5. The molecule has 0 saturated carbocycles. The minimum Gasteiger partial charge on any atom is -0.398 e. The van der Waals surface area contributed by atoms with Crippen molar-refractivity contribution >= 4 is 29.7 Å². The molecule has 1 saturated heterocycles. The highest BCUT2D eigenvalue weighted by Gasteiger charge is 2.21. The maximum absolute atomic E-state index is 11.5. The van der Waals surface area contributed by atoms with Gasteiger partial charge >= 0.3 is 0 Å². The van der Waals surface area contributed by atoms with Gasteiger partial charge in [0.25, 0.3) is 0 Å². The van der Waals surface area contributed by atoms with Gasteiger partial charge in [0.15, 0.2) is 0 Å². The molecule has 0 radical (unpaired) electrons. The van der Waals surface area contributed by atoms with E-state index in [1.807, 2.05) is 25.1 Å². The number of rotatable bonds is 1. The molecule has 1 fully saturated rings. The largest absolute Gasteiger partial charge is 0.398 e. The lowest BCUT2D eigenvalue weighted by Crippen LogP contribution is -2.23. The first-order chi connectivity index (χ1) is 6.68. The second kappa shape index (κ2) is 4.53. The summed E-state index contributed by atoms with van der Waals surface area (Å²) in [4.78, 5) is 13.3. The zero-order chi connectivity index (χ0) is 10.1. The summed E-state index contributed by atoms with van der Waals surface area (Å²) in [5, 5.41) is 0. The van der Waals surface area contributed by atoms with E-state index in [0.717, 1.165) is 29.9 Å². The van der Waals surface area contributed by atoms with Gasteiger partial charge in [-0.25, -0.2) is 0 Å². The number of nitrogens with zero attached hydrogens (tertiary/aromatic N) is 1. The summed E-state index contributed by atoms with van der Waals surface area (Å²) in [6.07, 6.45) is 1.61. The third-order valence-electron chi connectivity index (χ3n) is 2.65. The number of anilines is 2. The SMILES string of the molecule is Cc1ccc(N2CCCC2=O)cc1N.Cl. The Balaban J connectivity index is 0.00000112. The molecule has 15 heavy (non-hydrogen) atoms. The van der Waals surface area contributed by atoms with Crippen LogP contribution in [0.1, 0.15) is 18.4 Å². The second-order valence-corrected chi connectivity index (χ2v) is 3.69. The van der Waals surface area contributed by atoms with E-state index in [2.05, 4.69) is 0 Å². The van der Waals surface area contributed by atoms with Crippen molar-refractivity contribution in [3.05, 3.63) is 23.8 Å². The van der Waals surface area contributed by atoms with E-state index in [1.165, 1.54) is 0 Å². The summed E-state index contributed by atoms with van der Waals surface area (Å²) in [5.41, 5.74) is 8.53. The summed E-state index contributed by atoms with van der Waals surface area (Å²) < 4.78 is 0. The Morgan fingerprint density at radius 1 is 1.40 bits per heavy atom. The van der Waals surface area contributed by atoms with E-state index in [4.69, 9.17) is 5.73 Å².